The summed E-state index contributed by atoms with van der Waals surface area (Å²) in [5, 5.41) is 5.90. The molecule has 2 N–H and O–H groups in total. The second kappa shape index (κ2) is 8.99. The molecule has 84 valence electrons. The van der Waals surface area contributed by atoms with Crippen LogP contribution in [0.3, 0.4) is 0 Å². The first kappa shape index (κ1) is 13.4. The lowest BCUT2D eigenvalue weighted by Crippen LogP contribution is -2.21. The van der Waals surface area contributed by atoms with Gasteiger partial charge in [0.05, 0.1) is 6.34 Å². The number of hydrogen-bond donors (Lipinski definition) is 2. The van der Waals surface area contributed by atoms with E-state index in [1.807, 2.05) is 13.8 Å². The minimum absolute atomic E-state index is 0.363. The highest BCUT2D eigenvalue weighted by atomic mass is 19.1. The predicted octanol–water partition coefficient (Wildman–Crippen LogP) is 2.11. The number of nitrogens with zero attached hydrogens (tertiary/aromatic N) is 1. The Kier molecular flexibility index (Phi) is 8.05. The minimum Gasteiger partial charge on any atom is -0.374 e. The lowest BCUT2D eigenvalue weighted by atomic mass is 10.4. The zero-order chi connectivity index (χ0) is 11.5. The van der Waals surface area contributed by atoms with Crippen LogP contribution >= 0.6 is 0 Å². The van der Waals surface area contributed by atoms with E-state index in [9.17, 15) is 4.39 Å². The van der Waals surface area contributed by atoms with Crippen molar-refractivity contribution in [2.45, 2.75) is 19.9 Å². The van der Waals surface area contributed by atoms with Crippen LogP contribution in [0.5, 0.6) is 0 Å². The fourth-order valence-corrected chi connectivity index (χ4v) is 0.629. The van der Waals surface area contributed by atoms with Crippen LogP contribution in [0.25, 0.3) is 0 Å². The normalized spacial score (nSPS) is 12.7. The molecule has 0 bridgehead atoms. The van der Waals surface area contributed by atoms with E-state index < -0.39 is 0 Å². The van der Waals surface area contributed by atoms with E-state index in [2.05, 4.69) is 22.2 Å². The summed E-state index contributed by atoms with van der Waals surface area (Å²) in [6, 6.07) is 0.383. The molecule has 0 spiro atoms. The number of rotatable bonds is 7. The van der Waals surface area contributed by atoms with Gasteiger partial charge in [0.15, 0.2) is 0 Å². The highest BCUT2D eigenvalue weighted by Gasteiger charge is 1.82. The Morgan fingerprint density at radius 3 is 2.87 bits per heavy atom. The van der Waals surface area contributed by atoms with Crippen molar-refractivity contribution in [1.29, 1.82) is 0 Å². The summed E-state index contributed by atoms with van der Waals surface area (Å²) < 4.78 is 12.5. The summed E-state index contributed by atoms with van der Waals surface area (Å²) >= 11 is 0. The SMILES string of the molecule is C=C/C(F)=C\C=C\NC/N=C/NC(C)C. The van der Waals surface area contributed by atoms with Crippen LogP contribution in [0, 0.1) is 0 Å². The Bertz CT molecular complexity index is 255. The molecule has 15 heavy (non-hydrogen) atoms. The van der Waals surface area contributed by atoms with Gasteiger partial charge in [0.2, 0.25) is 0 Å². The third-order valence-electron chi connectivity index (χ3n) is 1.35. The van der Waals surface area contributed by atoms with Gasteiger partial charge in [-0.2, -0.15) is 0 Å². The highest BCUT2D eigenvalue weighted by molar-refractivity contribution is 5.54. The van der Waals surface area contributed by atoms with Gasteiger partial charge in [-0.1, -0.05) is 6.58 Å². The van der Waals surface area contributed by atoms with Crippen molar-refractivity contribution in [1.82, 2.24) is 10.6 Å². The smallest absolute Gasteiger partial charge is 0.122 e. The van der Waals surface area contributed by atoms with E-state index in [1.165, 1.54) is 6.08 Å². The molecule has 0 aliphatic heterocycles. The molecule has 0 aromatic rings. The molecule has 4 heteroatoms. The quantitative estimate of drug-likeness (QED) is 0.293. The van der Waals surface area contributed by atoms with Gasteiger partial charge in [-0.3, -0.25) is 4.99 Å². The van der Waals surface area contributed by atoms with Crippen LogP contribution in [-0.2, 0) is 0 Å². The van der Waals surface area contributed by atoms with Gasteiger partial charge in [0.1, 0.15) is 12.5 Å². The Balaban J connectivity index is 3.54. The molecule has 0 radical (unpaired) electrons. The number of halogens is 1. The standard InChI is InChI=1S/C11H18FN3/c1-4-11(12)6-5-7-13-8-14-9-15-10(2)3/h4-7,9-10,13H,1,8H2,2-3H3,(H,14,15)/b7-5+,11-6+. The van der Waals surface area contributed by atoms with Gasteiger partial charge >= 0.3 is 0 Å². The number of hydrogen-bond acceptors (Lipinski definition) is 2. The molecule has 0 atom stereocenters. The van der Waals surface area contributed by atoms with Crippen molar-refractivity contribution in [3.63, 3.8) is 0 Å². The third kappa shape index (κ3) is 10.3. The summed E-state index contributed by atoms with van der Waals surface area (Å²) in [6.07, 6.45) is 7.29. The van der Waals surface area contributed by atoms with Crippen LogP contribution in [0.1, 0.15) is 13.8 Å². The van der Waals surface area contributed by atoms with Crippen LogP contribution in [-0.4, -0.2) is 19.0 Å². The average Bonchev–Trinajstić information content (AvgIpc) is 2.21. The molecule has 0 fully saturated rings. The lowest BCUT2D eigenvalue weighted by molar-refractivity contribution is 0.667. The lowest BCUT2D eigenvalue weighted by Gasteiger charge is -2.01. The van der Waals surface area contributed by atoms with Crippen molar-refractivity contribution in [3.05, 3.63) is 36.8 Å². The first-order valence-electron chi connectivity index (χ1n) is 4.79. The number of aliphatic imine (C=N–C) groups is 1. The van der Waals surface area contributed by atoms with Crippen LogP contribution in [0.4, 0.5) is 4.39 Å². The Hall–Kier alpha value is -1.58. The topological polar surface area (TPSA) is 36.4 Å². The van der Waals surface area contributed by atoms with E-state index in [-0.39, 0.29) is 5.83 Å². The fourth-order valence-electron chi connectivity index (χ4n) is 0.629. The Labute approximate surface area is 90.5 Å². The monoisotopic (exact) mass is 211 g/mol. The zero-order valence-electron chi connectivity index (χ0n) is 9.20. The van der Waals surface area contributed by atoms with Crippen LogP contribution in [0.15, 0.2) is 41.8 Å². The average molecular weight is 211 g/mol. The Morgan fingerprint density at radius 1 is 1.53 bits per heavy atom. The molecule has 0 aliphatic rings. The van der Waals surface area contributed by atoms with Crippen molar-refractivity contribution in [2.24, 2.45) is 4.99 Å². The molecule has 0 unspecified atom stereocenters. The molecule has 0 amide bonds. The summed E-state index contributed by atoms with van der Waals surface area (Å²) in [5.41, 5.74) is 0. The molecule has 3 nitrogen and oxygen atoms in total. The van der Waals surface area contributed by atoms with Gasteiger partial charge in [-0.05, 0) is 38.3 Å². The number of nitrogens with one attached hydrogen (secondary N) is 2. The van der Waals surface area contributed by atoms with Gasteiger partial charge in [0, 0.05) is 6.04 Å². The summed E-state index contributed by atoms with van der Waals surface area (Å²) in [6.45, 7) is 7.81. The minimum atomic E-state index is -0.363. The van der Waals surface area contributed by atoms with E-state index in [1.54, 1.807) is 18.6 Å². The molecule has 0 rings (SSSR count). The zero-order valence-corrected chi connectivity index (χ0v) is 9.20. The van der Waals surface area contributed by atoms with E-state index in [0.717, 1.165) is 6.08 Å². The van der Waals surface area contributed by atoms with Gasteiger partial charge < -0.3 is 10.6 Å². The molecular formula is C11H18FN3. The van der Waals surface area contributed by atoms with E-state index in [4.69, 9.17) is 0 Å². The fraction of sp³-hybridized carbons (Fsp3) is 0.364. The number of allylic oxidation sites excluding steroid dienone is 4. The largest absolute Gasteiger partial charge is 0.374 e. The summed E-state index contributed by atoms with van der Waals surface area (Å²) in [5.74, 6) is -0.363. The molecular weight excluding hydrogens is 193 g/mol. The van der Waals surface area contributed by atoms with Crippen LogP contribution in [0.2, 0.25) is 0 Å². The second-order valence-corrected chi connectivity index (χ2v) is 3.11. The maximum Gasteiger partial charge on any atom is 0.122 e. The predicted molar refractivity (Wildman–Crippen MR) is 63.3 cm³/mol. The Morgan fingerprint density at radius 2 is 2.27 bits per heavy atom. The van der Waals surface area contributed by atoms with Gasteiger partial charge in [0.25, 0.3) is 0 Å². The van der Waals surface area contributed by atoms with Gasteiger partial charge in [-0.25, -0.2) is 4.39 Å². The first-order valence-corrected chi connectivity index (χ1v) is 4.79. The van der Waals surface area contributed by atoms with Crippen molar-refractivity contribution >= 4 is 6.34 Å². The van der Waals surface area contributed by atoms with Gasteiger partial charge in [-0.15, -0.1) is 0 Å². The van der Waals surface area contributed by atoms with Crippen molar-refractivity contribution < 1.29 is 4.39 Å². The van der Waals surface area contributed by atoms with E-state index in [0.29, 0.717) is 12.7 Å². The third-order valence-corrected chi connectivity index (χ3v) is 1.35. The van der Waals surface area contributed by atoms with E-state index >= 15 is 0 Å². The van der Waals surface area contributed by atoms with Crippen LogP contribution < -0.4 is 10.6 Å². The maximum atomic E-state index is 12.5. The molecule has 0 heterocycles. The second-order valence-electron chi connectivity index (χ2n) is 3.11. The first-order chi connectivity index (χ1) is 7.16. The molecule has 0 saturated carbocycles. The van der Waals surface area contributed by atoms with Crippen molar-refractivity contribution in [3.8, 4) is 0 Å². The summed E-state index contributed by atoms with van der Waals surface area (Å²) in [4.78, 5) is 4.02. The van der Waals surface area contributed by atoms with Crippen molar-refractivity contribution in [2.75, 3.05) is 6.67 Å². The molecule has 0 saturated heterocycles. The molecule has 0 aliphatic carbocycles. The molecule has 0 aromatic carbocycles. The maximum absolute atomic E-state index is 12.5. The summed E-state index contributed by atoms with van der Waals surface area (Å²) in [7, 11) is 0. The molecule has 0 aromatic heterocycles. The highest BCUT2D eigenvalue weighted by Crippen LogP contribution is 1.95.